The van der Waals surface area contributed by atoms with E-state index < -0.39 is 4.92 Å². The molecule has 0 N–H and O–H groups in total. The predicted molar refractivity (Wildman–Crippen MR) is 71.2 cm³/mol. The Labute approximate surface area is 115 Å². The largest absolute Gasteiger partial charge is 0.492 e. The molecule has 0 atom stereocenters. The van der Waals surface area contributed by atoms with Gasteiger partial charge in [0.15, 0.2) is 11.5 Å². The van der Waals surface area contributed by atoms with Gasteiger partial charge < -0.3 is 14.2 Å². The fourth-order valence-electron chi connectivity index (χ4n) is 1.71. The molecule has 1 rings (SSSR count). The topological polar surface area (TPSA) is 70.8 Å². The highest BCUT2D eigenvalue weighted by Gasteiger charge is 2.23. The first-order valence-electron chi connectivity index (χ1n) is 5.28. The van der Waals surface area contributed by atoms with Crippen molar-refractivity contribution in [1.29, 1.82) is 0 Å². The third kappa shape index (κ3) is 2.90. The average Bonchev–Trinajstić information content (AvgIpc) is 2.38. The molecule has 7 heteroatoms. The number of ether oxygens (including phenoxy) is 3. The van der Waals surface area contributed by atoms with Crippen molar-refractivity contribution < 1.29 is 19.1 Å². The molecule has 0 saturated heterocycles. The fraction of sp³-hybridized carbons (Fsp3) is 0.333. The lowest BCUT2D eigenvalue weighted by Gasteiger charge is -2.14. The summed E-state index contributed by atoms with van der Waals surface area (Å²) in [6, 6.07) is 3.19. The van der Waals surface area contributed by atoms with Crippen molar-refractivity contribution in [3.05, 3.63) is 38.7 Å². The van der Waals surface area contributed by atoms with Gasteiger partial charge in [0.25, 0.3) is 0 Å². The minimum atomic E-state index is -0.601. The van der Waals surface area contributed by atoms with E-state index in [9.17, 15) is 10.1 Å². The molecule has 0 unspecified atom stereocenters. The maximum Gasteiger partial charge on any atom is 0.431 e. The summed E-state index contributed by atoms with van der Waals surface area (Å²) in [6.07, 6.45) is 0. The molecule has 0 aliphatic heterocycles. The minimum Gasteiger partial charge on any atom is -0.492 e. The second-order valence-electron chi connectivity index (χ2n) is 3.55. The normalized spacial score (nSPS) is 11.6. The molecule has 1 aromatic carbocycles. The number of hydrogen-bond acceptors (Lipinski definition) is 5. The third-order valence-corrected chi connectivity index (χ3v) is 2.85. The van der Waals surface area contributed by atoms with Crippen LogP contribution in [0.1, 0.15) is 12.5 Å². The lowest BCUT2D eigenvalue weighted by atomic mass is 10.1. The van der Waals surface area contributed by atoms with Gasteiger partial charge in [0.1, 0.15) is 4.92 Å². The maximum absolute atomic E-state index is 10.9. The Morgan fingerprint density at radius 3 is 2.21 bits per heavy atom. The monoisotopic (exact) mass is 287 g/mol. The fourth-order valence-corrected chi connectivity index (χ4v) is 1.93. The third-order valence-electron chi connectivity index (χ3n) is 2.56. The molecule has 0 radical (unpaired) electrons. The molecule has 0 bridgehead atoms. The van der Waals surface area contributed by atoms with Crippen LogP contribution in [0.25, 0.3) is 5.57 Å². The Morgan fingerprint density at radius 1 is 1.21 bits per heavy atom. The van der Waals surface area contributed by atoms with Crippen LogP contribution in [0.3, 0.4) is 0 Å². The molecule has 0 spiro atoms. The van der Waals surface area contributed by atoms with Gasteiger partial charge in [-0.05, 0) is 19.1 Å². The van der Waals surface area contributed by atoms with Crippen LogP contribution in [-0.4, -0.2) is 26.3 Å². The first-order valence-corrected chi connectivity index (χ1v) is 5.65. The van der Waals surface area contributed by atoms with E-state index in [4.69, 9.17) is 25.8 Å². The highest BCUT2D eigenvalue weighted by Crippen LogP contribution is 2.41. The molecule has 0 aromatic heterocycles. The highest BCUT2D eigenvalue weighted by molar-refractivity contribution is 6.32. The smallest absolute Gasteiger partial charge is 0.431 e. The van der Waals surface area contributed by atoms with Crippen molar-refractivity contribution in [2.24, 2.45) is 0 Å². The standard InChI is InChI=1S/C12H14ClNO5/c1-7(12(19-4)14(15)16)8-5-6-9(13)11(18-3)10(8)17-2/h5-6H,1-4H3. The number of halogens is 1. The Morgan fingerprint density at radius 2 is 1.79 bits per heavy atom. The number of nitro groups is 1. The van der Waals surface area contributed by atoms with Gasteiger partial charge in [-0.15, -0.1) is 0 Å². The molecule has 6 nitrogen and oxygen atoms in total. The summed E-state index contributed by atoms with van der Waals surface area (Å²) in [5.41, 5.74) is 0.802. The van der Waals surface area contributed by atoms with E-state index in [1.807, 2.05) is 0 Å². The van der Waals surface area contributed by atoms with E-state index in [0.29, 0.717) is 27.7 Å². The number of hydrogen-bond donors (Lipinski definition) is 0. The van der Waals surface area contributed by atoms with Crippen LogP contribution in [0.4, 0.5) is 0 Å². The minimum absolute atomic E-state index is 0.319. The number of benzene rings is 1. The van der Waals surface area contributed by atoms with Gasteiger partial charge in [-0.2, -0.15) is 0 Å². The van der Waals surface area contributed by atoms with Crippen molar-refractivity contribution in [2.75, 3.05) is 21.3 Å². The maximum atomic E-state index is 10.9. The molecule has 0 aliphatic rings. The highest BCUT2D eigenvalue weighted by atomic mass is 35.5. The second-order valence-corrected chi connectivity index (χ2v) is 3.96. The van der Waals surface area contributed by atoms with Gasteiger partial charge in [-0.25, -0.2) is 0 Å². The molecule has 1 aromatic rings. The molecule has 0 fully saturated rings. The van der Waals surface area contributed by atoms with Crippen LogP contribution in [0.5, 0.6) is 11.5 Å². The number of allylic oxidation sites excluding steroid dienone is 1. The lowest BCUT2D eigenvalue weighted by Crippen LogP contribution is -2.05. The van der Waals surface area contributed by atoms with E-state index in [0.717, 1.165) is 0 Å². The number of nitrogens with zero attached hydrogens (tertiary/aromatic N) is 1. The van der Waals surface area contributed by atoms with E-state index >= 15 is 0 Å². The number of rotatable bonds is 5. The van der Waals surface area contributed by atoms with E-state index in [1.165, 1.54) is 21.3 Å². The van der Waals surface area contributed by atoms with Gasteiger partial charge in [0, 0.05) is 5.56 Å². The zero-order valence-corrected chi connectivity index (χ0v) is 11.8. The van der Waals surface area contributed by atoms with Crippen molar-refractivity contribution in [3.8, 4) is 11.5 Å². The van der Waals surface area contributed by atoms with Crippen LogP contribution in [0.15, 0.2) is 18.0 Å². The SMILES string of the molecule is COC(=C(C)c1ccc(Cl)c(OC)c1OC)[N+](=O)[O-]. The summed E-state index contributed by atoms with van der Waals surface area (Å²) in [5.74, 6) is 0.284. The predicted octanol–water partition coefficient (Wildman–Crippen LogP) is 2.97. The molecule has 19 heavy (non-hydrogen) atoms. The van der Waals surface area contributed by atoms with Crippen molar-refractivity contribution in [3.63, 3.8) is 0 Å². The Hall–Kier alpha value is -1.95. The summed E-state index contributed by atoms with van der Waals surface area (Å²) >= 11 is 5.97. The van der Waals surface area contributed by atoms with Crippen LogP contribution in [0.2, 0.25) is 5.02 Å². The van der Waals surface area contributed by atoms with E-state index in [2.05, 4.69) is 0 Å². The second kappa shape index (κ2) is 6.29. The van der Waals surface area contributed by atoms with Crippen molar-refractivity contribution in [1.82, 2.24) is 0 Å². The van der Waals surface area contributed by atoms with Gasteiger partial charge in [-0.3, -0.25) is 10.1 Å². The first-order chi connectivity index (χ1) is 8.97. The summed E-state index contributed by atoms with van der Waals surface area (Å²) < 4.78 is 15.1. The summed E-state index contributed by atoms with van der Waals surface area (Å²) in [4.78, 5) is 10.3. The zero-order valence-electron chi connectivity index (χ0n) is 11.0. The lowest BCUT2D eigenvalue weighted by molar-refractivity contribution is -0.460. The molecule has 0 saturated carbocycles. The van der Waals surface area contributed by atoms with Crippen LogP contribution < -0.4 is 9.47 Å². The zero-order chi connectivity index (χ0) is 14.6. The van der Waals surface area contributed by atoms with E-state index in [-0.39, 0.29) is 5.88 Å². The molecule has 104 valence electrons. The van der Waals surface area contributed by atoms with Gasteiger partial charge in [0.05, 0.1) is 31.9 Å². The average molecular weight is 288 g/mol. The molecular weight excluding hydrogens is 274 g/mol. The number of methoxy groups -OCH3 is 3. The van der Waals surface area contributed by atoms with Gasteiger partial charge >= 0.3 is 5.88 Å². The summed E-state index contributed by atoms with van der Waals surface area (Å²) in [7, 11) is 4.11. The summed E-state index contributed by atoms with van der Waals surface area (Å²) in [6.45, 7) is 1.56. The van der Waals surface area contributed by atoms with E-state index in [1.54, 1.807) is 19.1 Å². The quantitative estimate of drug-likeness (QED) is 0.473. The molecule has 0 heterocycles. The van der Waals surface area contributed by atoms with Crippen molar-refractivity contribution >= 4 is 17.2 Å². The van der Waals surface area contributed by atoms with Crippen LogP contribution >= 0.6 is 11.6 Å². The Bertz CT molecular complexity index is 527. The first kappa shape index (κ1) is 15.1. The molecular formula is C12H14ClNO5. The summed E-state index contributed by atoms with van der Waals surface area (Å²) in [5, 5.41) is 11.2. The van der Waals surface area contributed by atoms with Crippen LogP contribution in [0, 0.1) is 10.1 Å². The Balaban J connectivity index is 3.55. The molecule has 0 aliphatic carbocycles. The van der Waals surface area contributed by atoms with Gasteiger partial charge in [-0.1, -0.05) is 11.6 Å². The Kier molecular flexibility index (Phi) is 5.00. The van der Waals surface area contributed by atoms with Gasteiger partial charge in [0.2, 0.25) is 0 Å². The van der Waals surface area contributed by atoms with Crippen LogP contribution in [-0.2, 0) is 4.74 Å². The molecule has 0 amide bonds. The van der Waals surface area contributed by atoms with Crippen molar-refractivity contribution in [2.45, 2.75) is 6.92 Å².